The van der Waals surface area contributed by atoms with Gasteiger partial charge in [0.2, 0.25) is 0 Å². The zero-order chi connectivity index (χ0) is 14.9. The van der Waals surface area contributed by atoms with Gasteiger partial charge in [-0.05, 0) is 49.9 Å². The quantitative estimate of drug-likeness (QED) is 0.918. The predicted molar refractivity (Wildman–Crippen MR) is 72.0 cm³/mol. The summed E-state index contributed by atoms with van der Waals surface area (Å²) in [4.78, 5) is 16.3. The number of rotatable bonds is 3. The Morgan fingerprint density at radius 2 is 2.00 bits per heavy atom. The van der Waals surface area contributed by atoms with Gasteiger partial charge in [-0.1, -0.05) is 4.47 Å². The molecule has 0 radical (unpaired) electrons. The summed E-state index contributed by atoms with van der Waals surface area (Å²) in [6, 6.07) is 2.67. The minimum Gasteiger partial charge on any atom is -0.478 e. The van der Waals surface area contributed by atoms with Crippen molar-refractivity contribution in [3.63, 3.8) is 0 Å². The van der Waals surface area contributed by atoms with Gasteiger partial charge in [0.05, 0.1) is 17.1 Å². The zero-order valence-corrected chi connectivity index (χ0v) is 12.2. The van der Waals surface area contributed by atoms with Crippen molar-refractivity contribution in [3.05, 3.63) is 28.8 Å². The van der Waals surface area contributed by atoms with Crippen LogP contribution < -0.4 is 0 Å². The molecular formula is C13H17NO5S. The number of carboxylic acid groups (broad SMARTS) is 1. The van der Waals surface area contributed by atoms with Crippen molar-refractivity contribution < 1.29 is 23.2 Å². The number of hydroxylamine groups is 1. The number of nitrogens with zero attached hydrogens (tertiary/aromatic N) is 1. The van der Waals surface area contributed by atoms with Crippen LogP contribution in [0.25, 0.3) is 0 Å². The highest BCUT2D eigenvalue weighted by atomic mass is 32.2. The van der Waals surface area contributed by atoms with Crippen LogP contribution in [0.2, 0.25) is 0 Å². The van der Waals surface area contributed by atoms with E-state index in [2.05, 4.69) is 0 Å². The van der Waals surface area contributed by atoms with Gasteiger partial charge in [0.1, 0.15) is 0 Å². The Bertz CT molecular complexity index is 632. The summed E-state index contributed by atoms with van der Waals surface area (Å²) >= 11 is 0. The molecule has 0 unspecified atom stereocenters. The van der Waals surface area contributed by atoms with Crippen LogP contribution in [-0.2, 0) is 14.9 Å². The normalized spacial score (nSPS) is 17.1. The molecular weight excluding hydrogens is 282 g/mol. The Hall–Kier alpha value is -1.44. The molecule has 0 amide bonds. The summed E-state index contributed by atoms with van der Waals surface area (Å²) < 4.78 is 25.8. The Labute approximate surface area is 118 Å². The van der Waals surface area contributed by atoms with Gasteiger partial charge in [-0.3, -0.25) is 4.84 Å². The highest BCUT2D eigenvalue weighted by Gasteiger charge is 2.29. The third-order valence-corrected chi connectivity index (χ3v) is 5.06. The molecule has 0 aliphatic carbocycles. The number of sulfonamides is 1. The van der Waals surface area contributed by atoms with E-state index in [4.69, 9.17) is 9.94 Å². The average Bonchev–Trinajstić information content (AvgIpc) is 2.42. The van der Waals surface area contributed by atoms with E-state index in [1.165, 1.54) is 12.1 Å². The maximum Gasteiger partial charge on any atom is 0.336 e. The lowest BCUT2D eigenvalue weighted by Gasteiger charge is -2.25. The molecule has 1 aromatic rings. The molecule has 0 atom stereocenters. The lowest BCUT2D eigenvalue weighted by molar-refractivity contribution is -0.108. The van der Waals surface area contributed by atoms with Crippen LogP contribution >= 0.6 is 0 Å². The monoisotopic (exact) mass is 299 g/mol. The number of hydrogen-bond acceptors (Lipinski definition) is 4. The summed E-state index contributed by atoms with van der Waals surface area (Å²) in [5.41, 5.74) is 1.19. The van der Waals surface area contributed by atoms with Crippen molar-refractivity contribution in [1.82, 2.24) is 4.47 Å². The van der Waals surface area contributed by atoms with Crippen molar-refractivity contribution in [1.29, 1.82) is 0 Å². The van der Waals surface area contributed by atoms with Crippen molar-refractivity contribution in [3.8, 4) is 0 Å². The van der Waals surface area contributed by atoms with E-state index >= 15 is 0 Å². The predicted octanol–water partition coefficient (Wildman–Crippen LogP) is 1.72. The number of carboxylic acids is 1. The molecule has 1 saturated heterocycles. The maximum absolute atomic E-state index is 12.4. The first-order valence-electron chi connectivity index (χ1n) is 6.34. The second-order valence-electron chi connectivity index (χ2n) is 4.79. The molecule has 0 bridgehead atoms. The van der Waals surface area contributed by atoms with Gasteiger partial charge in [-0.2, -0.15) is 0 Å². The molecule has 2 rings (SSSR count). The van der Waals surface area contributed by atoms with Crippen LogP contribution in [0.3, 0.4) is 0 Å². The molecule has 1 aliphatic heterocycles. The second-order valence-corrected chi connectivity index (χ2v) is 6.62. The molecule has 110 valence electrons. The number of benzene rings is 1. The Balaban J connectivity index is 2.49. The molecule has 1 heterocycles. The van der Waals surface area contributed by atoms with Crippen LogP contribution in [0.1, 0.15) is 34.3 Å². The van der Waals surface area contributed by atoms with Gasteiger partial charge >= 0.3 is 5.97 Å². The van der Waals surface area contributed by atoms with Crippen LogP contribution in [0, 0.1) is 13.8 Å². The van der Waals surface area contributed by atoms with Gasteiger partial charge in [0.15, 0.2) is 0 Å². The fraction of sp³-hybridized carbons (Fsp3) is 0.462. The van der Waals surface area contributed by atoms with Crippen molar-refractivity contribution in [2.24, 2.45) is 0 Å². The standard InChI is InChI=1S/C13H17NO5S/c1-9-7-11(8-12(10(9)2)13(15)16)20(17,18)14-5-3-4-6-19-14/h7-8H,3-6H2,1-2H3,(H,15,16). The molecule has 0 saturated carbocycles. The molecule has 6 nitrogen and oxygen atoms in total. The first-order valence-corrected chi connectivity index (χ1v) is 7.78. The SMILES string of the molecule is Cc1cc(S(=O)(=O)N2CCCCO2)cc(C(=O)O)c1C. The Kier molecular flexibility index (Phi) is 4.12. The number of aryl methyl sites for hydroxylation is 1. The minimum atomic E-state index is -3.81. The average molecular weight is 299 g/mol. The van der Waals surface area contributed by atoms with E-state index in [1.807, 2.05) is 0 Å². The zero-order valence-electron chi connectivity index (χ0n) is 11.4. The summed E-state index contributed by atoms with van der Waals surface area (Å²) in [5, 5.41) is 9.15. The van der Waals surface area contributed by atoms with Gasteiger partial charge in [-0.15, -0.1) is 0 Å². The van der Waals surface area contributed by atoms with E-state index in [0.717, 1.165) is 17.3 Å². The summed E-state index contributed by atoms with van der Waals surface area (Å²) in [7, 11) is -3.81. The van der Waals surface area contributed by atoms with Crippen molar-refractivity contribution in [2.45, 2.75) is 31.6 Å². The van der Waals surface area contributed by atoms with Gasteiger partial charge < -0.3 is 5.11 Å². The largest absolute Gasteiger partial charge is 0.478 e. The van der Waals surface area contributed by atoms with Gasteiger partial charge in [0, 0.05) is 6.54 Å². The smallest absolute Gasteiger partial charge is 0.336 e. The first kappa shape index (κ1) is 15.0. The molecule has 7 heteroatoms. The highest BCUT2D eigenvalue weighted by molar-refractivity contribution is 7.89. The van der Waals surface area contributed by atoms with E-state index in [0.29, 0.717) is 17.7 Å². The van der Waals surface area contributed by atoms with Crippen molar-refractivity contribution >= 4 is 16.0 Å². The minimum absolute atomic E-state index is 0.000541. The Morgan fingerprint density at radius 3 is 2.55 bits per heavy atom. The van der Waals surface area contributed by atoms with E-state index in [-0.39, 0.29) is 17.0 Å². The molecule has 0 spiro atoms. The summed E-state index contributed by atoms with van der Waals surface area (Å²) in [5.74, 6) is -1.14. The lowest BCUT2D eigenvalue weighted by Crippen LogP contribution is -2.35. The number of hydrogen-bond donors (Lipinski definition) is 1. The van der Waals surface area contributed by atoms with Gasteiger partial charge in [0.25, 0.3) is 10.0 Å². The molecule has 1 aliphatic rings. The van der Waals surface area contributed by atoms with E-state index in [1.54, 1.807) is 13.8 Å². The summed E-state index contributed by atoms with van der Waals surface area (Å²) in [6.45, 7) is 4.00. The topological polar surface area (TPSA) is 83.9 Å². The maximum atomic E-state index is 12.4. The summed E-state index contributed by atoms with van der Waals surface area (Å²) in [6.07, 6.45) is 1.55. The Morgan fingerprint density at radius 1 is 1.30 bits per heavy atom. The fourth-order valence-electron chi connectivity index (χ4n) is 2.08. The second kappa shape index (κ2) is 5.51. The van der Waals surface area contributed by atoms with E-state index in [9.17, 15) is 13.2 Å². The molecule has 1 fully saturated rings. The van der Waals surface area contributed by atoms with Crippen molar-refractivity contribution in [2.75, 3.05) is 13.2 Å². The highest BCUT2D eigenvalue weighted by Crippen LogP contribution is 2.24. The van der Waals surface area contributed by atoms with Gasteiger partial charge in [-0.25, -0.2) is 13.2 Å². The van der Waals surface area contributed by atoms with Crippen LogP contribution in [-0.4, -0.2) is 37.1 Å². The molecule has 1 aromatic carbocycles. The number of aromatic carboxylic acids is 1. The molecule has 1 N–H and O–H groups in total. The first-order chi connectivity index (χ1) is 9.34. The third kappa shape index (κ3) is 2.70. The van der Waals surface area contributed by atoms with Crippen LogP contribution in [0.5, 0.6) is 0 Å². The third-order valence-electron chi connectivity index (χ3n) is 3.41. The van der Waals surface area contributed by atoms with Crippen LogP contribution in [0.4, 0.5) is 0 Å². The molecule has 20 heavy (non-hydrogen) atoms. The fourth-order valence-corrected chi connectivity index (χ4v) is 3.49. The molecule has 0 aromatic heterocycles. The number of carbonyl (C=O) groups is 1. The lowest BCUT2D eigenvalue weighted by atomic mass is 10.0. The van der Waals surface area contributed by atoms with Crippen LogP contribution in [0.15, 0.2) is 17.0 Å². The van der Waals surface area contributed by atoms with E-state index < -0.39 is 16.0 Å².